The van der Waals surface area contributed by atoms with Gasteiger partial charge in [0.15, 0.2) is 0 Å². The van der Waals surface area contributed by atoms with Crippen LogP contribution in [0.15, 0.2) is 129 Å². The SMILES string of the molecule is C#CCOc1ccc(CN2CCC(c3cc(=O)[nH]c(N4CCOCC4)n3)CC2)cc1.CN(C)c1ccc(CN2CCC(c3cc(=O)[nH]c(N4CCOCC4)n3)CC2)cc1.Cc1ccc(CN2CCC(c3cc(=O)[nH]c(N4CCOCC4)n3)CC2)cn1.Nc1ccc(CN2CCC(c3cc(=O)[nH]c(N4CCOCC4)n3)CC2)cn1. The van der Waals surface area contributed by atoms with Crippen LogP contribution in [0.3, 0.4) is 0 Å². The van der Waals surface area contributed by atoms with Gasteiger partial charge >= 0.3 is 0 Å². The van der Waals surface area contributed by atoms with Gasteiger partial charge in [0.25, 0.3) is 22.2 Å². The molecule has 113 heavy (non-hydrogen) atoms. The molecule has 8 aromatic rings. The monoisotopic (exact) mass is 1540 g/mol. The Bertz CT molecular complexity index is 4400. The number of ether oxygens (including phenoxy) is 5. The van der Waals surface area contributed by atoms with Crippen molar-refractivity contribution in [2.45, 2.75) is 108 Å². The van der Waals surface area contributed by atoms with Gasteiger partial charge in [-0.2, -0.15) is 0 Å². The molecule has 8 aliphatic heterocycles. The van der Waals surface area contributed by atoms with Crippen LogP contribution in [0.2, 0.25) is 0 Å². The molecule has 8 saturated heterocycles. The number of hydrogen-bond acceptors (Lipinski definition) is 25. The third-order valence-corrected chi connectivity index (χ3v) is 22.4. The van der Waals surface area contributed by atoms with E-state index in [-0.39, 0.29) is 28.8 Å². The standard InChI is InChI=1S/C23H28N4O3.C22H31N5O2.C20H27N5O2.C19H26N6O2/c1-2-13-30-20-5-3-18(4-6-20)17-26-9-7-19(8-10-26)21-16-22(28)25-23(24-21)27-11-14-29-15-12-27;1-25(2)19-5-3-17(4-6-19)16-26-9-7-18(8-10-26)20-15-21(28)24-22(23-20)27-11-13-29-14-12-27;1-15-2-3-16(13-21-15)14-24-6-4-17(5-7-24)18-12-19(26)23-20(22-18)25-8-10-27-11-9-25;20-17-2-1-14(12-21-17)13-24-5-3-15(4-6-24)16-11-18(26)23-19(22-16)25-7-9-27-10-8-25/h1,3-6,16,19H,7-15,17H2,(H,24,25,28);3-6,15,18H,7-14,16H2,1-2H3,(H,23,24,28);2-3,12-13,17H,4-11,14H2,1H3,(H,22,23,26);1-2,11-12,15H,3-10,13H2,(H2,20,21)(H,22,23,26). The number of piperidine rings is 4. The van der Waals surface area contributed by atoms with Crippen molar-refractivity contribution in [3.8, 4) is 18.1 Å². The first-order chi connectivity index (χ1) is 55.1. The molecule has 0 bridgehead atoms. The summed E-state index contributed by atoms with van der Waals surface area (Å²) in [7, 11) is 4.12. The van der Waals surface area contributed by atoms with Crippen molar-refractivity contribution >= 4 is 35.3 Å². The molecule has 0 amide bonds. The number of likely N-dealkylation sites (tertiary alicyclic amines) is 4. The molecule has 0 atom stereocenters. The molecule has 6 N–H and O–H groups in total. The number of terminal acetylenes is 1. The Morgan fingerprint density at radius 1 is 0.416 bits per heavy atom. The second kappa shape index (κ2) is 40.7. The summed E-state index contributed by atoms with van der Waals surface area (Å²) in [6, 6.07) is 31.7. The van der Waals surface area contributed by atoms with Crippen LogP contribution in [0.4, 0.5) is 35.3 Å². The summed E-state index contributed by atoms with van der Waals surface area (Å²) in [4.78, 5) is 108. The van der Waals surface area contributed by atoms with E-state index in [1.165, 1.54) is 27.9 Å². The van der Waals surface area contributed by atoms with Gasteiger partial charge in [0.05, 0.1) is 75.6 Å². The summed E-state index contributed by atoms with van der Waals surface area (Å²) in [5.74, 6) is 7.90. The predicted octanol–water partition coefficient (Wildman–Crippen LogP) is 6.70. The lowest BCUT2D eigenvalue weighted by atomic mass is 9.93. The number of rotatable bonds is 19. The van der Waals surface area contributed by atoms with Crippen molar-refractivity contribution in [2.75, 3.05) is 209 Å². The number of aromatic nitrogens is 10. The molecular weight excluding hydrogens is 1430 g/mol. The molecule has 8 aliphatic rings. The van der Waals surface area contributed by atoms with Crippen LogP contribution in [0.5, 0.6) is 5.75 Å². The number of hydrogen-bond donors (Lipinski definition) is 5. The van der Waals surface area contributed by atoms with Gasteiger partial charge in [-0.3, -0.25) is 63.7 Å². The molecule has 0 unspecified atom stereocenters. The Morgan fingerprint density at radius 2 is 0.708 bits per heavy atom. The van der Waals surface area contributed by atoms with Crippen LogP contribution in [0, 0.1) is 19.3 Å². The Kier molecular flexibility index (Phi) is 29.2. The van der Waals surface area contributed by atoms with Crippen LogP contribution in [0.1, 0.15) is 126 Å². The third-order valence-electron chi connectivity index (χ3n) is 22.4. The van der Waals surface area contributed by atoms with Gasteiger partial charge in [0.2, 0.25) is 23.8 Å². The lowest BCUT2D eigenvalue weighted by molar-refractivity contribution is 0.122. The van der Waals surface area contributed by atoms with Gasteiger partial charge in [0, 0.05) is 164 Å². The minimum Gasteiger partial charge on any atom is -0.481 e. The summed E-state index contributed by atoms with van der Waals surface area (Å²) < 4.78 is 27.0. The highest BCUT2D eigenvalue weighted by Gasteiger charge is 2.30. The van der Waals surface area contributed by atoms with Crippen molar-refractivity contribution in [1.29, 1.82) is 0 Å². The van der Waals surface area contributed by atoms with Gasteiger partial charge < -0.3 is 53.9 Å². The zero-order valence-corrected chi connectivity index (χ0v) is 65.9. The summed E-state index contributed by atoms with van der Waals surface area (Å²) >= 11 is 0. The van der Waals surface area contributed by atoms with Gasteiger partial charge in [-0.05, 0) is 169 Å². The van der Waals surface area contributed by atoms with E-state index < -0.39 is 0 Å². The number of aryl methyl sites for hydroxylation is 1. The smallest absolute Gasteiger partial charge is 0.252 e. The number of pyridine rings is 2. The average molecular weight is 1550 g/mol. The molecule has 6 aromatic heterocycles. The normalized spacial score (nSPS) is 18.9. The first-order valence-electron chi connectivity index (χ1n) is 40.3. The fourth-order valence-corrected chi connectivity index (χ4v) is 15.8. The van der Waals surface area contributed by atoms with Gasteiger partial charge in [-0.15, -0.1) is 6.42 Å². The fourth-order valence-electron chi connectivity index (χ4n) is 15.8. The zero-order valence-electron chi connectivity index (χ0n) is 65.9. The second-order valence-electron chi connectivity index (χ2n) is 30.7. The van der Waals surface area contributed by atoms with E-state index in [0.29, 0.717) is 106 Å². The topological polar surface area (TPSA) is 310 Å². The number of nitrogens with zero attached hydrogens (tertiary/aromatic N) is 15. The lowest BCUT2D eigenvalue weighted by Crippen LogP contribution is -2.39. The molecule has 29 heteroatoms. The quantitative estimate of drug-likeness (QED) is 0.0526. The number of H-pyrrole nitrogens is 4. The molecule has 2 aromatic carbocycles. The van der Waals surface area contributed by atoms with Gasteiger partial charge in [-0.1, -0.05) is 42.3 Å². The van der Waals surface area contributed by atoms with Crippen LogP contribution in [-0.2, 0) is 45.1 Å². The molecule has 0 spiro atoms. The van der Waals surface area contributed by atoms with Crippen molar-refractivity contribution in [3.63, 3.8) is 0 Å². The van der Waals surface area contributed by atoms with E-state index in [2.05, 4.69) is 143 Å². The molecule has 0 radical (unpaired) electrons. The molecule has 29 nitrogen and oxygen atoms in total. The average Bonchev–Trinajstić information content (AvgIpc) is 0.831. The van der Waals surface area contributed by atoms with E-state index in [4.69, 9.17) is 55.8 Å². The predicted molar refractivity (Wildman–Crippen MR) is 440 cm³/mol. The van der Waals surface area contributed by atoms with Crippen LogP contribution < -0.4 is 57.2 Å². The molecule has 8 fully saturated rings. The molecule has 16 rings (SSSR count). The van der Waals surface area contributed by atoms with Crippen LogP contribution >= 0.6 is 0 Å². The van der Waals surface area contributed by atoms with Gasteiger partial charge in [0.1, 0.15) is 18.2 Å². The van der Waals surface area contributed by atoms with Crippen molar-refractivity contribution in [1.82, 2.24) is 69.4 Å². The highest BCUT2D eigenvalue weighted by atomic mass is 16.5. The maximum absolute atomic E-state index is 12.2. The van der Waals surface area contributed by atoms with Gasteiger partial charge in [-0.25, -0.2) is 24.9 Å². The molecule has 14 heterocycles. The maximum Gasteiger partial charge on any atom is 0.252 e. The number of benzene rings is 2. The minimum atomic E-state index is -0.0731. The molecular formula is C84H112N20O9. The van der Waals surface area contributed by atoms with Crippen molar-refractivity contribution in [2.24, 2.45) is 0 Å². The Balaban J connectivity index is 0.000000132. The summed E-state index contributed by atoms with van der Waals surface area (Å²) in [6.45, 7) is 25.6. The number of nitrogens with two attached hydrogens (primary N) is 1. The Morgan fingerprint density at radius 3 is 0.991 bits per heavy atom. The second-order valence-corrected chi connectivity index (χ2v) is 30.7. The maximum atomic E-state index is 12.2. The van der Waals surface area contributed by atoms with Crippen LogP contribution in [0.25, 0.3) is 0 Å². The number of nitrogen functional groups attached to an aromatic ring is 1. The van der Waals surface area contributed by atoms with E-state index in [1.54, 1.807) is 24.3 Å². The Hall–Kier alpha value is -9.90. The lowest BCUT2D eigenvalue weighted by Gasteiger charge is -2.32. The van der Waals surface area contributed by atoms with Crippen LogP contribution in [-0.4, -0.2) is 248 Å². The molecule has 0 saturated carbocycles. The largest absolute Gasteiger partial charge is 0.481 e. The van der Waals surface area contributed by atoms with E-state index in [9.17, 15) is 19.2 Å². The number of aromatic amines is 4. The third kappa shape index (κ3) is 24.1. The number of anilines is 6. The Labute approximate surface area is 661 Å². The van der Waals surface area contributed by atoms with E-state index >= 15 is 0 Å². The summed E-state index contributed by atoms with van der Waals surface area (Å²) in [6.07, 6.45) is 17.2. The summed E-state index contributed by atoms with van der Waals surface area (Å²) in [5.41, 5.74) is 16.4. The van der Waals surface area contributed by atoms with Crippen molar-refractivity contribution in [3.05, 3.63) is 202 Å². The van der Waals surface area contributed by atoms with E-state index in [0.717, 1.165) is 216 Å². The molecule has 602 valence electrons. The summed E-state index contributed by atoms with van der Waals surface area (Å²) in [5, 5.41) is 0. The molecule has 0 aliphatic carbocycles. The van der Waals surface area contributed by atoms with Crippen molar-refractivity contribution < 1.29 is 23.7 Å². The number of morpholine rings is 4. The first-order valence-corrected chi connectivity index (χ1v) is 40.3. The first kappa shape index (κ1) is 81.1. The highest BCUT2D eigenvalue weighted by molar-refractivity contribution is 5.46. The van der Waals surface area contributed by atoms with E-state index in [1.807, 2.05) is 43.6 Å². The number of nitrogens with one attached hydrogen (secondary N) is 4. The minimum absolute atomic E-state index is 0.0556. The zero-order chi connectivity index (χ0) is 78.3. The highest BCUT2D eigenvalue weighted by Crippen LogP contribution is 2.33. The fraction of sp³-hybridized carbons (Fsp3) is 0.524.